The molecule has 5 nitrogen and oxygen atoms in total. The van der Waals surface area contributed by atoms with Crippen molar-refractivity contribution in [1.82, 2.24) is 4.90 Å². The fourth-order valence-electron chi connectivity index (χ4n) is 3.25. The maximum atomic E-state index is 12.9. The fraction of sp³-hybridized carbons (Fsp3) is 0.130. The van der Waals surface area contributed by atoms with Crippen LogP contribution in [0.15, 0.2) is 59.5 Å². The highest BCUT2D eigenvalue weighted by Gasteiger charge is 2.35. The van der Waals surface area contributed by atoms with Crippen LogP contribution in [0, 0.1) is 3.57 Å². The van der Waals surface area contributed by atoms with Crippen LogP contribution in [-0.4, -0.2) is 27.8 Å². The van der Waals surface area contributed by atoms with Crippen molar-refractivity contribution in [1.29, 1.82) is 0 Å². The van der Waals surface area contributed by atoms with E-state index in [-0.39, 0.29) is 23.4 Å². The zero-order chi connectivity index (χ0) is 21.3. The zero-order valence-electron chi connectivity index (χ0n) is 16.1. The molecule has 0 saturated carbocycles. The summed E-state index contributed by atoms with van der Waals surface area (Å²) in [6.07, 6.45) is 1.66. The molecule has 3 aromatic rings. The van der Waals surface area contributed by atoms with Crippen LogP contribution in [-0.2, 0) is 11.3 Å². The molecule has 0 aromatic heterocycles. The molecule has 1 fully saturated rings. The topological polar surface area (TPSA) is 66.8 Å². The summed E-state index contributed by atoms with van der Waals surface area (Å²) < 4.78 is 6.06. The predicted octanol–water partition coefficient (Wildman–Crippen LogP) is 5.79. The number of phenols is 1. The molecule has 1 aliphatic heterocycles. The van der Waals surface area contributed by atoms with Crippen molar-refractivity contribution in [2.45, 2.75) is 13.5 Å². The van der Waals surface area contributed by atoms with Gasteiger partial charge in [0.1, 0.15) is 0 Å². The lowest BCUT2D eigenvalue weighted by Gasteiger charge is -2.13. The minimum atomic E-state index is -0.320. The third kappa shape index (κ3) is 4.17. The van der Waals surface area contributed by atoms with Gasteiger partial charge in [-0.3, -0.25) is 14.5 Å². The van der Waals surface area contributed by atoms with Crippen LogP contribution >= 0.6 is 34.4 Å². The molecule has 0 bridgehead atoms. The summed E-state index contributed by atoms with van der Waals surface area (Å²) in [6.45, 7) is 2.47. The Kier molecular flexibility index (Phi) is 6.01. The van der Waals surface area contributed by atoms with Crippen molar-refractivity contribution in [3.8, 4) is 11.5 Å². The zero-order valence-corrected chi connectivity index (χ0v) is 19.1. The number of hydrogen-bond donors (Lipinski definition) is 1. The summed E-state index contributed by atoms with van der Waals surface area (Å²) in [7, 11) is 0. The van der Waals surface area contributed by atoms with Crippen molar-refractivity contribution < 1.29 is 19.4 Å². The average molecular weight is 531 g/mol. The Balaban J connectivity index is 1.59. The van der Waals surface area contributed by atoms with Gasteiger partial charge >= 0.3 is 0 Å². The van der Waals surface area contributed by atoms with Gasteiger partial charge in [-0.05, 0) is 87.5 Å². The van der Waals surface area contributed by atoms with Crippen molar-refractivity contribution >= 4 is 62.3 Å². The first-order chi connectivity index (χ1) is 14.5. The summed E-state index contributed by atoms with van der Waals surface area (Å²) in [6, 6.07) is 17.3. The number of benzene rings is 3. The standard InChI is InChI=1S/C23H18INO4S/c1-2-29-19-11-15(10-18(24)21(19)26)12-20-22(27)25(23(28)30-20)13-14-7-8-16-5-3-4-6-17(16)9-14/h3-12,26H,2,13H2,1H3/b20-12+. The van der Waals surface area contributed by atoms with Gasteiger partial charge in [-0.25, -0.2) is 0 Å². The largest absolute Gasteiger partial charge is 0.504 e. The van der Waals surface area contributed by atoms with Crippen molar-refractivity contribution in [2.24, 2.45) is 0 Å². The Morgan fingerprint density at radius 3 is 2.63 bits per heavy atom. The minimum absolute atomic E-state index is 0.0685. The molecule has 0 spiro atoms. The summed E-state index contributed by atoms with van der Waals surface area (Å²) in [5, 5.41) is 12.0. The van der Waals surface area contributed by atoms with Crippen LogP contribution in [0.25, 0.3) is 16.8 Å². The number of imide groups is 1. The molecular weight excluding hydrogens is 513 g/mol. The number of carbonyl (C=O) groups is 2. The number of hydrogen-bond acceptors (Lipinski definition) is 5. The number of carbonyl (C=O) groups excluding carboxylic acids is 2. The van der Waals surface area contributed by atoms with Gasteiger partial charge < -0.3 is 9.84 Å². The molecule has 0 unspecified atom stereocenters. The van der Waals surface area contributed by atoms with Gasteiger partial charge in [0.25, 0.3) is 11.1 Å². The molecule has 30 heavy (non-hydrogen) atoms. The van der Waals surface area contributed by atoms with E-state index < -0.39 is 0 Å². The molecule has 152 valence electrons. The number of rotatable bonds is 5. The first-order valence-electron chi connectivity index (χ1n) is 9.34. The molecule has 1 aliphatic rings. The fourth-order valence-corrected chi connectivity index (χ4v) is 4.71. The van der Waals surface area contributed by atoms with Gasteiger partial charge in [-0.1, -0.05) is 36.4 Å². The quantitative estimate of drug-likeness (QED) is 0.334. The Morgan fingerprint density at radius 2 is 1.87 bits per heavy atom. The van der Waals surface area contributed by atoms with Crippen LogP contribution in [0.4, 0.5) is 4.79 Å². The lowest BCUT2D eigenvalue weighted by molar-refractivity contribution is -0.123. The van der Waals surface area contributed by atoms with E-state index in [0.29, 0.717) is 26.4 Å². The average Bonchev–Trinajstić information content (AvgIpc) is 2.99. The van der Waals surface area contributed by atoms with E-state index in [9.17, 15) is 14.7 Å². The second kappa shape index (κ2) is 8.69. The second-order valence-electron chi connectivity index (χ2n) is 6.73. The molecule has 0 radical (unpaired) electrons. The Hall–Kier alpha value is -2.52. The second-order valence-corrected chi connectivity index (χ2v) is 8.89. The van der Waals surface area contributed by atoms with Crippen LogP contribution in [0.3, 0.4) is 0 Å². The molecule has 0 atom stereocenters. The third-order valence-electron chi connectivity index (χ3n) is 4.68. The smallest absolute Gasteiger partial charge is 0.293 e. The molecular formula is C23H18INO4S. The van der Waals surface area contributed by atoms with E-state index >= 15 is 0 Å². The number of aromatic hydroxyl groups is 1. The van der Waals surface area contributed by atoms with Crippen LogP contribution in [0.5, 0.6) is 11.5 Å². The van der Waals surface area contributed by atoms with Crippen molar-refractivity contribution in [3.05, 3.63) is 74.2 Å². The highest BCUT2D eigenvalue weighted by molar-refractivity contribution is 14.1. The molecule has 0 aliphatic carbocycles. The normalized spacial score (nSPS) is 15.4. The van der Waals surface area contributed by atoms with Gasteiger partial charge in [0.05, 0.1) is 21.6 Å². The third-order valence-corrected chi connectivity index (χ3v) is 6.41. The molecule has 1 saturated heterocycles. The first kappa shape index (κ1) is 20.7. The van der Waals surface area contributed by atoms with Crippen molar-refractivity contribution in [3.63, 3.8) is 0 Å². The van der Waals surface area contributed by atoms with Crippen LogP contribution in [0.2, 0.25) is 0 Å². The van der Waals surface area contributed by atoms with E-state index in [1.54, 1.807) is 18.2 Å². The Bertz CT molecular complexity index is 1190. The van der Waals surface area contributed by atoms with E-state index in [1.165, 1.54) is 4.90 Å². The number of thioether (sulfide) groups is 1. The number of halogens is 1. The molecule has 1 N–H and O–H groups in total. The van der Waals surface area contributed by atoms with Crippen LogP contribution in [0.1, 0.15) is 18.1 Å². The monoisotopic (exact) mass is 531 g/mol. The number of nitrogens with zero attached hydrogens (tertiary/aromatic N) is 1. The lowest BCUT2D eigenvalue weighted by atomic mass is 10.1. The van der Waals surface area contributed by atoms with Gasteiger partial charge in [0.2, 0.25) is 0 Å². The molecule has 4 rings (SSSR count). The summed E-state index contributed by atoms with van der Waals surface area (Å²) >= 11 is 2.93. The number of amides is 2. The summed E-state index contributed by atoms with van der Waals surface area (Å²) in [5.74, 6) is 0.101. The van der Waals surface area contributed by atoms with Crippen molar-refractivity contribution in [2.75, 3.05) is 6.61 Å². The predicted molar refractivity (Wildman–Crippen MR) is 127 cm³/mol. The van der Waals surface area contributed by atoms with E-state index in [2.05, 4.69) is 0 Å². The van der Waals surface area contributed by atoms with Crippen LogP contribution < -0.4 is 4.74 Å². The maximum absolute atomic E-state index is 12.9. The molecule has 3 aromatic carbocycles. The van der Waals surface area contributed by atoms with Gasteiger partial charge in [-0.15, -0.1) is 0 Å². The SMILES string of the molecule is CCOc1cc(/C=C2/SC(=O)N(Cc3ccc4ccccc4c3)C2=O)cc(I)c1O. The molecule has 7 heteroatoms. The Morgan fingerprint density at radius 1 is 1.10 bits per heavy atom. The van der Waals surface area contributed by atoms with Gasteiger partial charge in [0, 0.05) is 0 Å². The molecule has 1 heterocycles. The Labute approximate surface area is 191 Å². The van der Waals surface area contributed by atoms with E-state index in [0.717, 1.165) is 28.1 Å². The number of phenolic OH excluding ortho intramolecular Hbond substituents is 1. The van der Waals surface area contributed by atoms with Gasteiger partial charge in [-0.2, -0.15) is 0 Å². The minimum Gasteiger partial charge on any atom is -0.504 e. The summed E-state index contributed by atoms with van der Waals surface area (Å²) in [5.41, 5.74) is 1.59. The highest BCUT2D eigenvalue weighted by Crippen LogP contribution is 2.37. The van der Waals surface area contributed by atoms with E-state index in [1.807, 2.05) is 72.0 Å². The highest BCUT2D eigenvalue weighted by atomic mass is 127. The first-order valence-corrected chi connectivity index (χ1v) is 11.2. The number of ether oxygens (including phenoxy) is 1. The van der Waals surface area contributed by atoms with E-state index in [4.69, 9.17) is 4.74 Å². The molecule has 2 amide bonds. The van der Waals surface area contributed by atoms with Gasteiger partial charge in [0.15, 0.2) is 11.5 Å². The lowest BCUT2D eigenvalue weighted by Crippen LogP contribution is -2.27. The summed E-state index contributed by atoms with van der Waals surface area (Å²) in [4.78, 5) is 27.0. The maximum Gasteiger partial charge on any atom is 0.293 e. The number of fused-ring (bicyclic) bond motifs is 1.